The van der Waals surface area contributed by atoms with Crippen LogP contribution in [0.3, 0.4) is 0 Å². The number of hydrogen-bond donors (Lipinski definition) is 0. The SMILES string of the molecule is c1ccc(CC2COC(N3CCN(CC4CCc5ccccc54)CC3)CO2)cc1. The van der Waals surface area contributed by atoms with Gasteiger partial charge >= 0.3 is 0 Å². The van der Waals surface area contributed by atoms with Crippen LogP contribution in [0.5, 0.6) is 0 Å². The Morgan fingerprint density at radius 2 is 1.62 bits per heavy atom. The molecule has 0 radical (unpaired) electrons. The summed E-state index contributed by atoms with van der Waals surface area (Å²) in [5.74, 6) is 0.714. The molecule has 0 bridgehead atoms. The molecule has 0 saturated carbocycles. The fourth-order valence-electron chi connectivity index (χ4n) is 5.12. The van der Waals surface area contributed by atoms with E-state index >= 15 is 0 Å². The second-order valence-corrected chi connectivity index (χ2v) is 8.70. The van der Waals surface area contributed by atoms with Crippen LogP contribution in [0.2, 0.25) is 0 Å². The van der Waals surface area contributed by atoms with Gasteiger partial charge < -0.3 is 14.4 Å². The summed E-state index contributed by atoms with van der Waals surface area (Å²) in [6, 6.07) is 19.6. The zero-order valence-corrected chi connectivity index (χ0v) is 17.2. The second-order valence-electron chi connectivity index (χ2n) is 8.70. The Morgan fingerprint density at radius 3 is 2.41 bits per heavy atom. The zero-order chi connectivity index (χ0) is 19.5. The minimum Gasteiger partial charge on any atom is -0.371 e. The van der Waals surface area contributed by atoms with Crippen LogP contribution < -0.4 is 0 Å². The molecule has 2 saturated heterocycles. The van der Waals surface area contributed by atoms with E-state index in [-0.39, 0.29) is 12.3 Å². The van der Waals surface area contributed by atoms with E-state index in [4.69, 9.17) is 9.47 Å². The number of nitrogens with zero attached hydrogens (tertiary/aromatic N) is 2. The molecule has 3 aliphatic rings. The van der Waals surface area contributed by atoms with Crippen molar-refractivity contribution < 1.29 is 9.47 Å². The maximum absolute atomic E-state index is 6.20. The Balaban J connectivity index is 1.06. The van der Waals surface area contributed by atoms with Gasteiger partial charge in [-0.2, -0.15) is 0 Å². The fourth-order valence-corrected chi connectivity index (χ4v) is 5.12. The molecule has 2 aromatic carbocycles. The van der Waals surface area contributed by atoms with E-state index in [0.29, 0.717) is 19.1 Å². The smallest absolute Gasteiger partial charge is 0.134 e. The van der Waals surface area contributed by atoms with E-state index in [1.807, 2.05) is 0 Å². The second kappa shape index (κ2) is 8.97. The van der Waals surface area contributed by atoms with Crippen molar-refractivity contribution in [2.75, 3.05) is 45.9 Å². The molecule has 0 aromatic heterocycles. The topological polar surface area (TPSA) is 24.9 Å². The number of piperazine rings is 1. The van der Waals surface area contributed by atoms with E-state index < -0.39 is 0 Å². The Kier molecular flexibility index (Phi) is 5.95. The first-order chi connectivity index (χ1) is 14.3. The van der Waals surface area contributed by atoms with Gasteiger partial charge in [0, 0.05) is 39.1 Å². The normalized spacial score (nSPS) is 28.3. The van der Waals surface area contributed by atoms with Crippen molar-refractivity contribution in [3.63, 3.8) is 0 Å². The molecule has 4 nitrogen and oxygen atoms in total. The van der Waals surface area contributed by atoms with Crippen molar-refractivity contribution in [2.24, 2.45) is 0 Å². The average molecular weight is 393 g/mol. The molecule has 2 aliphatic heterocycles. The van der Waals surface area contributed by atoms with Crippen molar-refractivity contribution in [3.8, 4) is 0 Å². The molecular weight excluding hydrogens is 360 g/mol. The predicted octanol–water partition coefficient (Wildman–Crippen LogP) is 3.32. The maximum Gasteiger partial charge on any atom is 0.134 e. The molecule has 2 fully saturated rings. The van der Waals surface area contributed by atoms with Crippen molar-refractivity contribution in [2.45, 2.75) is 37.5 Å². The van der Waals surface area contributed by atoms with Gasteiger partial charge in [-0.05, 0) is 35.4 Å². The summed E-state index contributed by atoms with van der Waals surface area (Å²) in [6.45, 7) is 6.99. The maximum atomic E-state index is 6.20. The van der Waals surface area contributed by atoms with Gasteiger partial charge in [-0.3, -0.25) is 4.90 Å². The summed E-state index contributed by atoms with van der Waals surface area (Å²) in [6.07, 6.45) is 3.79. The molecule has 2 heterocycles. The molecule has 3 unspecified atom stereocenters. The minimum atomic E-state index is 0.122. The Morgan fingerprint density at radius 1 is 0.828 bits per heavy atom. The molecule has 0 spiro atoms. The molecule has 3 atom stereocenters. The first-order valence-electron chi connectivity index (χ1n) is 11.2. The van der Waals surface area contributed by atoms with Crippen LogP contribution in [0.4, 0.5) is 0 Å². The monoisotopic (exact) mass is 392 g/mol. The lowest BCUT2D eigenvalue weighted by molar-refractivity contribution is -0.190. The highest BCUT2D eigenvalue weighted by molar-refractivity contribution is 5.35. The standard InChI is InChI=1S/C25H32N2O2/c1-2-6-20(7-3-1)16-23-18-29-25(19-28-23)27-14-12-26(13-15-27)17-22-11-10-21-8-4-5-9-24(21)22/h1-9,22-23,25H,10-19H2. The van der Waals surface area contributed by atoms with Crippen LogP contribution in [0.1, 0.15) is 29.0 Å². The predicted molar refractivity (Wildman–Crippen MR) is 115 cm³/mol. The van der Waals surface area contributed by atoms with Crippen LogP contribution in [-0.2, 0) is 22.3 Å². The van der Waals surface area contributed by atoms with Crippen molar-refractivity contribution in [1.82, 2.24) is 9.80 Å². The highest BCUT2D eigenvalue weighted by atomic mass is 16.6. The summed E-state index contributed by atoms with van der Waals surface area (Å²) in [5.41, 5.74) is 4.47. The van der Waals surface area contributed by atoms with Crippen LogP contribution in [0, 0.1) is 0 Å². The van der Waals surface area contributed by atoms with Crippen LogP contribution in [0.15, 0.2) is 54.6 Å². The molecule has 154 valence electrons. The van der Waals surface area contributed by atoms with Gasteiger partial charge in [0.25, 0.3) is 0 Å². The summed E-state index contributed by atoms with van der Waals surface area (Å²) >= 11 is 0. The lowest BCUT2D eigenvalue weighted by Crippen LogP contribution is -2.55. The number of ether oxygens (including phenoxy) is 2. The Bertz CT molecular complexity index is 780. The molecule has 4 heteroatoms. The van der Waals surface area contributed by atoms with Gasteiger partial charge in [-0.25, -0.2) is 0 Å². The van der Waals surface area contributed by atoms with Gasteiger partial charge in [0.15, 0.2) is 0 Å². The third kappa shape index (κ3) is 4.56. The molecule has 2 aromatic rings. The van der Waals surface area contributed by atoms with Crippen molar-refractivity contribution in [3.05, 3.63) is 71.3 Å². The molecule has 5 rings (SSSR count). The highest BCUT2D eigenvalue weighted by Crippen LogP contribution is 2.33. The molecule has 29 heavy (non-hydrogen) atoms. The van der Waals surface area contributed by atoms with Gasteiger partial charge in [0.2, 0.25) is 0 Å². The Labute approximate surface area is 174 Å². The van der Waals surface area contributed by atoms with Crippen LogP contribution >= 0.6 is 0 Å². The van der Waals surface area contributed by atoms with E-state index in [1.54, 1.807) is 11.1 Å². The number of fused-ring (bicyclic) bond motifs is 1. The van der Waals surface area contributed by atoms with Crippen molar-refractivity contribution >= 4 is 0 Å². The van der Waals surface area contributed by atoms with Gasteiger partial charge in [-0.15, -0.1) is 0 Å². The minimum absolute atomic E-state index is 0.122. The lowest BCUT2D eigenvalue weighted by atomic mass is 10.0. The van der Waals surface area contributed by atoms with Crippen molar-refractivity contribution in [1.29, 1.82) is 0 Å². The fraction of sp³-hybridized carbons (Fsp3) is 0.520. The largest absolute Gasteiger partial charge is 0.371 e. The third-order valence-electron chi connectivity index (χ3n) is 6.81. The molecular formula is C25H32N2O2. The zero-order valence-electron chi connectivity index (χ0n) is 17.2. The van der Waals surface area contributed by atoms with Gasteiger partial charge in [0.05, 0.1) is 19.3 Å². The summed E-state index contributed by atoms with van der Waals surface area (Å²) in [4.78, 5) is 5.11. The van der Waals surface area contributed by atoms with E-state index in [9.17, 15) is 0 Å². The Hall–Kier alpha value is -1.72. The first kappa shape index (κ1) is 19.3. The molecule has 0 amide bonds. The average Bonchev–Trinajstić information content (AvgIpc) is 3.19. The molecule has 1 aliphatic carbocycles. The summed E-state index contributed by atoms with van der Waals surface area (Å²) in [5, 5.41) is 0. The summed E-state index contributed by atoms with van der Waals surface area (Å²) < 4.78 is 12.3. The van der Waals surface area contributed by atoms with E-state index in [0.717, 1.165) is 32.6 Å². The van der Waals surface area contributed by atoms with E-state index in [2.05, 4.69) is 64.4 Å². The number of hydrogen-bond acceptors (Lipinski definition) is 4. The lowest BCUT2D eigenvalue weighted by Gasteiger charge is -2.42. The van der Waals surface area contributed by atoms with Gasteiger partial charge in [-0.1, -0.05) is 54.6 Å². The van der Waals surface area contributed by atoms with Crippen LogP contribution in [-0.4, -0.2) is 68.1 Å². The highest BCUT2D eigenvalue weighted by Gasteiger charge is 2.31. The first-order valence-corrected chi connectivity index (χ1v) is 11.2. The quantitative estimate of drug-likeness (QED) is 0.779. The number of benzene rings is 2. The number of rotatable bonds is 5. The van der Waals surface area contributed by atoms with E-state index in [1.165, 1.54) is 24.9 Å². The molecule has 0 N–H and O–H groups in total. The number of aryl methyl sites for hydroxylation is 1. The summed E-state index contributed by atoms with van der Waals surface area (Å²) in [7, 11) is 0. The van der Waals surface area contributed by atoms with Crippen LogP contribution in [0.25, 0.3) is 0 Å². The van der Waals surface area contributed by atoms with Gasteiger partial charge in [0.1, 0.15) is 6.23 Å². The third-order valence-corrected chi connectivity index (χ3v) is 6.81.